The zero-order chi connectivity index (χ0) is 25.5. The van der Waals surface area contributed by atoms with Crippen molar-refractivity contribution in [3.8, 4) is 0 Å². The molecule has 0 aliphatic carbocycles. The van der Waals surface area contributed by atoms with E-state index in [2.05, 4.69) is 15.4 Å². The summed E-state index contributed by atoms with van der Waals surface area (Å²) in [4.78, 5) is 26.0. The molecule has 0 unspecified atom stereocenters. The van der Waals surface area contributed by atoms with Crippen molar-refractivity contribution in [2.24, 2.45) is 0 Å². The molecule has 0 bridgehead atoms. The molecule has 4 rings (SSSR count). The Morgan fingerprint density at radius 1 is 0.722 bits per heavy atom. The summed E-state index contributed by atoms with van der Waals surface area (Å²) in [5.41, 5.74) is 1.72. The highest BCUT2D eigenvalue weighted by Gasteiger charge is 2.19. The van der Waals surface area contributed by atoms with E-state index in [1.54, 1.807) is 42.5 Å². The summed E-state index contributed by atoms with van der Waals surface area (Å²) in [6, 6.07) is 28.1. The van der Waals surface area contributed by atoms with E-state index in [0.29, 0.717) is 12.2 Å². The van der Waals surface area contributed by atoms with Crippen LogP contribution in [0.4, 0.5) is 11.4 Å². The minimum atomic E-state index is -3.85. The molecule has 0 aromatic heterocycles. The number of amides is 2. The minimum Gasteiger partial charge on any atom is -0.348 e. The highest BCUT2D eigenvalue weighted by molar-refractivity contribution is 7.92. The Labute approximate surface area is 214 Å². The van der Waals surface area contributed by atoms with Gasteiger partial charge in [-0.3, -0.25) is 14.3 Å². The number of hydrogen-bond donors (Lipinski definition) is 3. The predicted octanol–water partition coefficient (Wildman–Crippen LogP) is 5.32. The molecule has 0 heterocycles. The first-order valence-corrected chi connectivity index (χ1v) is 12.8. The minimum absolute atomic E-state index is 0.0458. The molecule has 0 saturated heterocycles. The first-order valence-electron chi connectivity index (χ1n) is 10.9. The van der Waals surface area contributed by atoms with Gasteiger partial charge < -0.3 is 10.6 Å². The number of benzene rings is 4. The van der Waals surface area contributed by atoms with E-state index in [1.807, 2.05) is 30.3 Å². The lowest BCUT2D eigenvalue weighted by atomic mass is 10.1. The quantitative estimate of drug-likeness (QED) is 0.293. The molecule has 0 spiro atoms. The van der Waals surface area contributed by atoms with Gasteiger partial charge in [0.15, 0.2) is 0 Å². The van der Waals surface area contributed by atoms with Gasteiger partial charge in [0.25, 0.3) is 21.8 Å². The second-order valence-electron chi connectivity index (χ2n) is 7.78. The van der Waals surface area contributed by atoms with Gasteiger partial charge in [0.05, 0.1) is 26.7 Å². The highest BCUT2D eigenvalue weighted by Crippen LogP contribution is 2.25. The van der Waals surface area contributed by atoms with Crippen molar-refractivity contribution in [1.82, 2.24) is 5.32 Å². The van der Waals surface area contributed by atoms with E-state index in [9.17, 15) is 18.0 Å². The van der Waals surface area contributed by atoms with Crippen molar-refractivity contribution >= 4 is 44.8 Å². The lowest BCUT2D eigenvalue weighted by molar-refractivity contribution is 0.0951. The van der Waals surface area contributed by atoms with Crippen molar-refractivity contribution in [2.75, 3.05) is 10.0 Å². The Kier molecular flexibility index (Phi) is 7.68. The molecule has 2 amide bonds. The molecule has 3 N–H and O–H groups in total. The number of nitrogens with one attached hydrogen (secondary N) is 3. The number of anilines is 2. The van der Waals surface area contributed by atoms with Crippen LogP contribution in [0.2, 0.25) is 5.02 Å². The van der Waals surface area contributed by atoms with Gasteiger partial charge in [-0.2, -0.15) is 0 Å². The molecule has 0 saturated carbocycles. The summed E-state index contributed by atoms with van der Waals surface area (Å²) in [6.45, 7) is 0.331. The lowest BCUT2D eigenvalue weighted by Crippen LogP contribution is -2.25. The van der Waals surface area contributed by atoms with Crippen LogP contribution in [0.3, 0.4) is 0 Å². The highest BCUT2D eigenvalue weighted by atomic mass is 35.5. The summed E-state index contributed by atoms with van der Waals surface area (Å²) in [5, 5.41) is 5.67. The van der Waals surface area contributed by atoms with Gasteiger partial charge in [0, 0.05) is 12.2 Å². The lowest BCUT2D eigenvalue weighted by Gasteiger charge is -2.13. The molecule has 0 fully saturated rings. The fourth-order valence-corrected chi connectivity index (χ4v) is 4.70. The number of hydrogen-bond acceptors (Lipinski definition) is 4. The Bertz CT molecular complexity index is 1490. The van der Waals surface area contributed by atoms with E-state index in [0.717, 1.165) is 5.56 Å². The Balaban J connectivity index is 1.51. The van der Waals surface area contributed by atoms with Crippen molar-refractivity contribution in [3.63, 3.8) is 0 Å². The maximum absolute atomic E-state index is 13.1. The SMILES string of the molecule is O=C(Nc1ccccc1C(=O)NCc1ccccc1)c1cc(NS(=O)(=O)c2ccccc2)ccc1Cl. The predicted molar refractivity (Wildman–Crippen MR) is 141 cm³/mol. The van der Waals surface area contributed by atoms with Crippen LogP contribution in [0.25, 0.3) is 0 Å². The molecule has 7 nitrogen and oxygen atoms in total. The van der Waals surface area contributed by atoms with Crippen LogP contribution >= 0.6 is 11.6 Å². The molecule has 0 aliphatic rings. The smallest absolute Gasteiger partial charge is 0.261 e. The van der Waals surface area contributed by atoms with Gasteiger partial charge in [-0.05, 0) is 48.0 Å². The van der Waals surface area contributed by atoms with Crippen LogP contribution in [0.5, 0.6) is 0 Å². The summed E-state index contributed by atoms with van der Waals surface area (Å²) in [5.74, 6) is -0.950. The number of rotatable bonds is 8. The maximum Gasteiger partial charge on any atom is 0.261 e. The summed E-state index contributed by atoms with van der Waals surface area (Å²) in [7, 11) is -3.85. The van der Waals surface area contributed by atoms with Crippen molar-refractivity contribution < 1.29 is 18.0 Å². The van der Waals surface area contributed by atoms with E-state index < -0.39 is 15.9 Å². The van der Waals surface area contributed by atoms with Gasteiger partial charge in [0.1, 0.15) is 0 Å². The van der Waals surface area contributed by atoms with Crippen molar-refractivity contribution in [1.29, 1.82) is 0 Å². The molecule has 0 atom stereocenters. The number of carbonyl (C=O) groups is 2. The largest absolute Gasteiger partial charge is 0.348 e. The third-order valence-corrected chi connectivity index (χ3v) is 6.96. The van der Waals surface area contributed by atoms with E-state index in [4.69, 9.17) is 11.6 Å². The molecule has 9 heteroatoms. The number of sulfonamides is 1. The van der Waals surface area contributed by atoms with Crippen molar-refractivity contribution in [3.05, 3.63) is 125 Å². The first-order chi connectivity index (χ1) is 17.3. The van der Waals surface area contributed by atoms with Crippen LogP contribution in [0.1, 0.15) is 26.3 Å². The fraction of sp³-hybridized carbons (Fsp3) is 0.0370. The first kappa shape index (κ1) is 25.0. The average molecular weight is 520 g/mol. The maximum atomic E-state index is 13.1. The van der Waals surface area contributed by atoms with Crippen LogP contribution in [0, 0.1) is 0 Å². The molecule has 0 aliphatic heterocycles. The third kappa shape index (κ3) is 6.10. The van der Waals surface area contributed by atoms with Crippen LogP contribution in [-0.4, -0.2) is 20.2 Å². The van der Waals surface area contributed by atoms with Gasteiger partial charge in [-0.15, -0.1) is 0 Å². The molecule has 4 aromatic carbocycles. The molecule has 0 radical (unpaired) electrons. The Hall–Kier alpha value is -4.14. The topological polar surface area (TPSA) is 104 Å². The summed E-state index contributed by atoms with van der Waals surface area (Å²) >= 11 is 6.25. The normalized spacial score (nSPS) is 10.9. The van der Waals surface area contributed by atoms with Crippen molar-refractivity contribution in [2.45, 2.75) is 11.4 Å². The van der Waals surface area contributed by atoms with Crippen LogP contribution in [-0.2, 0) is 16.6 Å². The zero-order valence-corrected chi connectivity index (χ0v) is 20.5. The fourth-order valence-electron chi connectivity index (χ4n) is 3.43. The summed E-state index contributed by atoms with van der Waals surface area (Å²) in [6.07, 6.45) is 0. The van der Waals surface area contributed by atoms with E-state index in [-0.39, 0.29) is 32.6 Å². The van der Waals surface area contributed by atoms with Crippen LogP contribution < -0.4 is 15.4 Å². The Morgan fingerprint density at radius 3 is 2.08 bits per heavy atom. The van der Waals surface area contributed by atoms with E-state index in [1.165, 1.54) is 30.3 Å². The van der Waals surface area contributed by atoms with Crippen LogP contribution in [0.15, 0.2) is 108 Å². The molecule has 4 aromatic rings. The standard InChI is InChI=1S/C27H22ClN3O4S/c28-24-16-15-20(31-36(34,35)21-11-5-2-6-12-21)17-23(24)27(33)30-25-14-8-7-13-22(25)26(32)29-18-19-9-3-1-4-10-19/h1-17,31H,18H2,(H,29,32)(H,30,33). The van der Waals surface area contributed by atoms with Gasteiger partial charge in [-0.1, -0.05) is 72.3 Å². The monoisotopic (exact) mass is 519 g/mol. The van der Waals surface area contributed by atoms with Gasteiger partial charge in [-0.25, -0.2) is 8.42 Å². The zero-order valence-electron chi connectivity index (χ0n) is 18.9. The second-order valence-corrected chi connectivity index (χ2v) is 9.87. The molecular weight excluding hydrogens is 498 g/mol. The molecular formula is C27H22ClN3O4S. The number of carbonyl (C=O) groups excluding carboxylic acids is 2. The molecule has 36 heavy (non-hydrogen) atoms. The van der Waals surface area contributed by atoms with E-state index >= 15 is 0 Å². The summed E-state index contributed by atoms with van der Waals surface area (Å²) < 4.78 is 27.8. The number of para-hydroxylation sites is 1. The second kappa shape index (κ2) is 11.1. The van der Waals surface area contributed by atoms with Gasteiger partial charge >= 0.3 is 0 Å². The average Bonchev–Trinajstić information content (AvgIpc) is 2.89. The Morgan fingerprint density at radius 2 is 1.36 bits per heavy atom. The van der Waals surface area contributed by atoms with Gasteiger partial charge in [0.2, 0.25) is 0 Å². The molecule has 182 valence electrons. The number of halogens is 1. The third-order valence-electron chi connectivity index (χ3n) is 5.23.